The van der Waals surface area contributed by atoms with Gasteiger partial charge in [-0.2, -0.15) is 0 Å². The summed E-state index contributed by atoms with van der Waals surface area (Å²) in [5.74, 6) is 1.30. The predicted octanol–water partition coefficient (Wildman–Crippen LogP) is 4.03. The fraction of sp³-hybridized carbons (Fsp3) is 0.143. The zero-order valence-electron chi connectivity index (χ0n) is 10.1. The Morgan fingerprint density at radius 1 is 0.895 bits per heavy atom. The van der Waals surface area contributed by atoms with E-state index in [9.17, 15) is 0 Å². The van der Waals surface area contributed by atoms with Crippen molar-refractivity contribution in [3.8, 4) is 11.5 Å². The van der Waals surface area contributed by atoms with E-state index in [-0.39, 0.29) is 0 Å². The summed E-state index contributed by atoms with van der Waals surface area (Å²) in [6.45, 7) is 0.792. The first-order valence-corrected chi connectivity index (χ1v) is 6.47. The maximum atomic E-state index is 5.85. The molecule has 5 heteroatoms. The molecule has 0 saturated carbocycles. The molecular weight excluding hydrogens is 285 g/mol. The first kappa shape index (κ1) is 13.8. The maximum absolute atomic E-state index is 5.85. The van der Waals surface area contributed by atoms with Gasteiger partial charge in [0.2, 0.25) is 0 Å². The molecule has 0 aromatic heterocycles. The van der Waals surface area contributed by atoms with Gasteiger partial charge in [-0.15, -0.1) is 0 Å². The molecule has 3 nitrogen and oxygen atoms in total. The SMILES string of the molecule is Nc1cc(Cl)ccc1OCCOc1cccc(Cl)c1. The number of rotatable bonds is 5. The molecule has 0 aliphatic heterocycles. The third kappa shape index (κ3) is 4.23. The van der Waals surface area contributed by atoms with E-state index >= 15 is 0 Å². The van der Waals surface area contributed by atoms with Crippen molar-refractivity contribution in [3.63, 3.8) is 0 Å². The van der Waals surface area contributed by atoms with Crippen molar-refractivity contribution in [2.45, 2.75) is 0 Å². The van der Waals surface area contributed by atoms with Crippen molar-refractivity contribution in [2.24, 2.45) is 0 Å². The van der Waals surface area contributed by atoms with Crippen LogP contribution in [0.15, 0.2) is 42.5 Å². The predicted molar refractivity (Wildman–Crippen MR) is 78.3 cm³/mol. The van der Waals surface area contributed by atoms with Crippen LogP contribution in [-0.4, -0.2) is 13.2 Å². The molecule has 2 aromatic carbocycles. The van der Waals surface area contributed by atoms with E-state index in [0.29, 0.717) is 40.4 Å². The van der Waals surface area contributed by atoms with Gasteiger partial charge >= 0.3 is 0 Å². The van der Waals surface area contributed by atoms with Crippen molar-refractivity contribution < 1.29 is 9.47 Å². The Kier molecular flexibility index (Phi) is 4.77. The normalized spacial score (nSPS) is 10.2. The molecular formula is C14H13Cl2NO2. The number of nitrogens with two attached hydrogens (primary N) is 1. The second-order valence-electron chi connectivity index (χ2n) is 3.84. The Balaban J connectivity index is 1.81. The van der Waals surface area contributed by atoms with Gasteiger partial charge in [-0.3, -0.25) is 0 Å². The Morgan fingerprint density at radius 2 is 1.63 bits per heavy atom. The molecule has 0 heterocycles. The molecule has 19 heavy (non-hydrogen) atoms. The topological polar surface area (TPSA) is 44.5 Å². The third-order valence-electron chi connectivity index (χ3n) is 2.38. The van der Waals surface area contributed by atoms with E-state index in [1.165, 1.54) is 0 Å². The summed E-state index contributed by atoms with van der Waals surface area (Å²) in [5, 5.41) is 1.22. The molecule has 0 fully saturated rings. The number of hydrogen-bond donors (Lipinski definition) is 1. The fourth-order valence-electron chi connectivity index (χ4n) is 1.52. The summed E-state index contributed by atoms with van der Waals surface area (Å²) in [7, 11) is 0. The lowest BCUT2D eigenvalue weighted by atomic mass is 10.3. The lowest BCUT2D eigenvalue weighted by Crippen LogP contribution is -2.09. The van der Waals surface area contributed by atoms with E-state index in [1.807, 2.05) is 12.1 Å². The summed E-state index contributed by atoms with van der Waals surface area (Å²) >= 11 is 11.6. The third-order valence-corrected chi connectivity index (χ3v) is 2.85. The van der Waals surface area contributed by atoms with Crippen molar-refractivity contribution >= 4 is 28.9 Å². The number of benzene rings is 2. The lowest BCUT2D eigenvalue weighted by Gasteiger charge is -2.10. The van der Waals surface area contributed by atoms with E-state index in [0.717, 1.165) is 0 Å². The second-order valence-corrected chi connectivity index (χ2v) is 4.71. The van der Waals surface area contributed by atoms with E-state index < -0.39 is 0 Å². The van der Waals surface area contributed by atoms with Gasteiger partial charge in [0.25, 0.3) is 0 Å². The monoisotopic (exact) mass is 297 g/mol. The van der Waals surface area contributed by atoms with Gasteiger partial charge in [0, 0.05) is 10.0 Å². The van der Waals surface area contributed by atoms with Crippen molar-refractivity contribution in [1.29, 1.82) is 0 Å². The number of hydrogen-bond acceptors (Lipinski definition) is 3. The molecule has 2 N–H and O–H groups in total. The fourth-order valence-corrected chi connectivity index (χ4v) is 1.88. The lowest BCUT2D eigenvalue weighted by molar-refractivity contribution is 0.218. The maximum Gasteiger partial charge on any atom is 0.142 e. The minimum absolute atomic E-state index is 0.387. The van der Waals surface area contributed by atoms with E-state index in [1.54, 1.807) is 30.3 Å². The van der Waals surface area contributed by atoms with Gasteiger partial charge < -0.3 is 15.2 Å². The first-order chi connectivity index (χ1) is 9.15. The van der Waals surface area contributed by atoms with Crippen molar-refractivity contribution in [1.82, 2.24) is 0 Å². The summed E-state index contributed by atoms with van der Waals surface area (Å²) in [4.78, 5) is 0. The molecule has 0 unspecified atom stereocenters. The van der Waals surface area contributed by atoms with Crippen LogP contribution in [0.2, 0.25) is 10.0 Å². The molecule has 2 aromatic rings. The van der Waals surface area contributed by atoms with Crippen LogP contribution in [-0.2, 0) is 0 Å². The Labute approximate surface area is 121 Å². The van der Waals surface area contributed by atoms with Crippen molar-refractivity contribution in [3.05, 3.63) is 52.5 Å². The molecule has 0 aliphatic carbocycles. The van der Waals surface area contributed by atoms with Crippen LogP contribution < -0.4 is 15.2 Å². The Hall–Kier alpha value is -1.58. The number of anilines is 1. The Morgan fingerprint density at radius 3 is 2.37 bits per heavy atom. The number of nitrogen functional groups attached to an aromatic ring is 1. The van der Waals surface area contributed by atoms with Crippen LogP contribution in [0.25, 0.3) is 0 Å². The number of ether oxygens (including phenoxy) is 2. The smallest absolute Gasteiger partial charge is 0.142 e. The average molecular weight is 298 g/mol. The quantitative estimate of drug-likeness (QED) is 0.669. The van der Waals surface area contributed by atoms with Crippen LogP contribution in [0.5, 0.6) is 11.5 Å². The van der Waals surface area contributed by atoms with Gasteiger partial charge in [-0.1, -0.05) is 29.3 Å². The van der Waals surface area contributed by atoms with E-state index in [2.05, 4.69) is 0 Å². The highest BCUT2D eigenvalue weighted by atomic mass is 35.5. The largest absolute Gasteiger partial charge is 0.490 e. The van der Waals surface area contributed by atoms with Gasteiger partial charge in [-0.05, 0) is 36.4 Å². The molecule has 0 atom stereocenters. The molecule has 2 rings (SSSR count). The number of halogens is 2. The highest BCUT2D eigenvalue weighted by Crippen LogP contribution is 2.24. The molecule has 0 radical (unpaired) electrons. The van der Waals surface area contributed by atoms with Gasteiger partial charge in [0.1, 0.15) is 24.7 Å². The first-order valence-electron chi connectivity index (χ1n) is 5.71. The van der Waals surface area contributed by atoms with Crippen LogP contribution in [0.1, 0.15) is 0 Å². The van der Waals surface area contributed by atoms with E-state index in [4.69, 9.17) is 38.4 Å². The van der Waals surface area contributed by atoms with Crippen LogP contribution in [0.4, 0.5) is 5.69 Å². The molecule has 0 amide bonds. The minimum Gasteiger partial charge on any atom is -0.490 e. The summed E-state index contributed by atoms with van der Waals surface area (Å²) < 4.78 is 11.0. The zero-order valence-corrected chi connectivity index (χ0v) is 11.6. The standard InChI is InChI=1S/C14H13Cl2NO2/c15-10-2-1-3-12(8-10)18-6-7-19-14-5-4-11(16)9-13(14)17/h1-5,8-9H,6-7,17H2. The summed E-state index contributed by atoms with van der Waals surface area (Å²) in [6.07, 6.45) is 0. The molecule has 100 valence electrons. The minimum atomic E-state index is 0.387. The van der Waals surface area contributed by atoms with Crippen LogP contribution >= 0.6 is 23.2 Å². The summed E-state index contributed by atoms with van der Waals surface area (Å²) in [5.41, 5.74) is 6.28. The molecule has 0 aliphatic rings. The summed E-state index contributed by atoms with van der Waals surface area (Å²) in [6, 6.07) is 12.3. The second kappa shape index (κ2) is 6.55. The highest BCUT2D eigenvalue weighted by molar-refractivity contribution is 6.31. The van der Waals surface area contributed by atoms with Crippen molar-refractivity contribution in [2.75, 3.05) is 18.9 Å². The Bertz CT molecular complexity index is 561. The zero-order chi connectivity index (χ0) is 13.7. The molecule has 0 spiro atoms. The molecule has 0 saturated heterocycles. The molecule has 0 bridgehead atoms. The van der Waals surface area contributed by atoms with Gasteiger partial charge in [0.05, 0.1) is 5.69 Å². The van der Waals surface area contributed by atoms with Crippen LogP contribution in [0, 0.1) is 0 Å². The van der Waals surface area contributed by atoms with Gasteiger partial charge in [0.15, 0.2) is 0 Å². The van der Waals surface area contributed by atoms with Gasteiger partial charge in [-0.25, -0.2) is 0 Å². The highest BCUT2D eigenvalue weighted by Gasteiger charge is 2.01. The van der Waals surface area contributed by atoms with Crippen LogP contribution in [0.3, 0.4) is 0 Å². The average Bonchev–Trinajstić information content (AvgIpc) is 2.37.